The van der Waals surface area contributed by atoms with Crippen LogP contribution in [0.3, 0.4) is 0 Å². The van der Waals surface area contributed by atoms with Crippen LogP contribution in [-0.4, -0.2) is 43.6 Å². The number of sulfonamides is 1. The predicted octanol–water partition coefficient (Wildman–Crippen LogP) is -0.142. The summed E-state index contributed by atoms with van der Waals surface area (Å²) in [6, 6.07) is 4.85. The zero-order valence-electron chi connectivity index (χ0n) is 10.6. The summed E-state index contributed by atoms with van der Waals surface area (Å²) >= 11 is 1.37. The van der Waals surface area contributed by atoms with Crippen LogP contribution in [-0.2, 0) is 14.8 Å². The number of hydrogen-bond acceptors (Lipinski definition) is 6. The van der Waals surface area contributed by atoms with Gasteiger partial charge >= 0.3 is 5.97 Å². The first-order valence-corrected chi connectivity index (χ1v) is 8.32. The molecule has 0 spiro atoms. The van der Waals surface area contributed by atoms with Gasteiger partial charge in [-0.25, -0.2) is 13.6 Å². The van der Waals surface area contributed by atoms with Gasteiger partial charge in [0.05, 0.1) is 11.5 Å². The Morgan fingerprint density at radius 1 is 1.35 bits per heavy atom. The molecule has 0 radical (unpaired) electrons. The van der Waals surface area contributed by atoms with Gasteiger partial charge in [0.25, 0.3) is 0 Å². The SMILES string of the molecule is N[C@H](CSCCOc1ccc(S(N)(=O)=O)cc1)C(=O)O. The van der Waals surface area contributed by atoms with Crippen LogP contribution in [0, 0.1) is 0 Å². The summed E-state index contributed by atoms with van der Waals surface area (Å²) in [5.41, 5.74) is 5.34. The first-order chi connectivity index (χ1) is 9.30. The second-order valence-corrected chi connectivity index (χ2v) is 6.60. The maximum Gasteiger partial charge on any atom is 0.321 e. The number of primary sulfonamides is 1. The van der Waals surface area contributed by atoms with Crippen LogP contribution >= 0.6 is 11.8 Å². The van der Waals surface area contributed by atoms with Crippen molar-refractivity contribution in [3.63, 3.8) is 0 Å². The van der Waals surface area contributed by atoms with E-state index < -0.39 is 22.0 Å². The normalized spacial score (nSPS) is 12.9. The molecular weight excluding hydrogens is 304 g/mol. The van der Waals surface area contributed by atoms with Gasteiger partial charge in [-0.1, -0.05) is 0 Å². The Bertz CT molecular complexity index is 544. The van der Waals surface area contributed by atoms with E-state index in [1.54, 1.807) is 0 Å². The Morgan fingerprint density at radius 2 is 1.95 bits per heavy atom. The molecule has 0 heterocycles. The molecule has 1 atom stereocenters. The molecule has 0 aromatic heterocycles. The van der Waals surface area contributed by atoms with E-state index in [0.717, 1.165) is 0 Å². The van der Waals surface area contributed by atoms with E-state index in [1.807, 2.05) is 0 Å². The van der Waals surface area contributed by atoms with Crippen molar-refractivity contribution in [2.75, 3.05) is 18.1 Å². The van der Waals surface area contributed by atoms with E-state index in [1.165, 1.54) is 36.0 Å². The van der Waals surface area contributed by atoms with Crippen molar-refractivity contribution < 1.29 is 23.1 Å². The van der Waals surface area contributed by atoms with Crippen LogP contribution in [0.1, 0.15) is 0 Å². The minimum Gasteiger partial charge on any atom is -0.493 e. The largest absolute Gasteiger partial charge is 0.493 e. The van der Waals surface area contributed by atoms with Crippen molar-refractivity contribution in [3.8, 4) is 5.75 Å². The molecule has 0 saturated carbocycles. The number of ether oxygens (including phenoxy) is 1. The standard InChI is InChI=1S/C11H16N2O5S2/c12-10(11(14)15)7-19-6-5-18-8-1-3-9(4-2-8)20(13,16)17/h1-4,10H,5-7,12H2,(H,14,15)(H2,13,16,17)/t10-/m1/s1. The number of benzene rings is 1. The number of thioether (sulfide) groups is 1. The van der Waals surface area contributed by atoms with Gasteiger partial charge in [0.2, 0.25) is 10.0 Å². The molecule has 1 rings (SSSR count). The van der Waals surface area contributed by atoms with E-state index in [9.17, 15) is 13.2 Å². The minimum absolute atomic E-state index is 0.0201. The summed E-state index contributed by atoms with van der Waals surface area (Å²) in [6.07, 6.45) is 0. The van der Waals surface area contributed by atoms with Crippen molar-refractivity contribution in [2.45, 2.75) is 10.9 Å². The quantitative estimate of drug-likeness (QED) is 0.568. The predicted molar refractivity (Wildman–Crippen MR) is 76.2 cm³/mol. The van der Waals surface area contributed by atoms with E-state index in [0.29, 0.717) is 23.9 Å². The second kappa shape index (κ2) is 7.48. The van der Waals surface area contributed by atoms with Crippen molar-refractivity contribution in [2.24, 2.45) is 10.9 Å². The van der Waals surface area contributed by atoms with Crippen molar-refractivity contribution >= 4 is 27.8 Å². The molecule has 7 nitrogen and oxygen atoms in total. The van der Waals surface area contributed by atoms with Crippen LogP contribution in [0.5, 0.6) is 5.75 Å². The Balaban J connectivity index is 2.31. The number of carbonyl (C=O) groups is 1. The molecule has 1 aromatic carbocycles. The highest BCUT2D eigenvalue weighted by Crippen LogP contribution is 2.15. The fraction of sp³-hybridized carbons (Fsp3) is 0.364. The number of nitrogens with two attached hydrogens (primary N) is 2. The topological polar surface area (TPSA) is 133 Å². The Kier molecular flexibility index (Phi) is 6.27. The third kappa shape index (κ3) is 5.78. The highest BCUT2D eigenvalue weighted by atomic mass is 32.2. The zero-order valence-corrected chi connectivity index (χ0v) is 12.2. The summed E-state index contributed by atoms with van der Waals surface area (Å²) in [6.45, 7) is 0.367. The number of carboxylic acid groups (broad SMARTS) is 1. The van der Waals surface area contributed by atoms with E-state index in [4.69, 9.17) is 20.7 Å². The van der Waals surface area contributed by atoms with Crippen molar-refractivity contribution in [1.29, 1.82) is 0 Å². The second-order valence-electron chi connectivity index (χ2n) is 3.88. The lowest BCUT2D eigenvalue weighted by atomic mass is 10.3. The molecule has 20 heavy (non-hydrogen) atoms. The van der Waals surface area contributed by atoms with Gasteiger partial charge in [0.1, 0.15) is 11.8 Å². The molecule has 112 valence electrons. The van der Waals surface area contributed by atoms with Crippen molar-refractivity contribution in [3.05, 3.63) is 24.3 Å². The van der Waals surface area contributed by atoms with Crippen molar-refractivity contribution in [1.82, 2.24) is 0 Å². The van der Waals surface area contributed by atoms with Crippen LogP contribution in [0.2, 0.25) is 0 Å². The zero-order chi connectivity index (χ0) is 15.2. The lowest BCUT2D eigenvalue weighted by Gasteiger charge is -2.08. The van der Waals surface area contributed by atoms with Gasteiger partial charge in [-0.05, 0) is 24.3 Å². The number of aliphatic carboxylic acids is 1. The molecular formula is C11H16N2O5S2. The molecule has 0 bridgehead atoms. The fourth-order valence-electron chi connectivity index (χ4n) is 1.23. The van der Waals surface area contributed by atoms with Gasteiger partial charge in [0, 0.05) is 11.5 Å². The molecule has 1 aromatic rings. The van der Waals surface area contributed by atoms with Crippen LogP contribution < -0.4 is 15.6 Å². The Morgan fingerprint density at radius 3 is 2.45 bits per heavy atom. The molecule has 0 amide bonds. The maximum atomic E-state index is 11.0. The van der Waals surface area contributed by atoms with Crippen LogP contribution in [0.15, 0.2) is 29.2 Å². The van der Waals surface area contributed by atoms with E-state index in [-0.39, 0.29) is 4.90 Å². The fourth-order valence-corrected chi connectivity index (χ4v) is 2.51. The Labute approximate surface area is 121 Å². The molecule has 0 saturated heterocycles. The van der Waals surface area contributed by atoms with Gasteiger partial charge in [-0.2, -0.15) is 11.8 Å². The lowest BCUT2D eigenvalue weighted by Crippen LogP contribution is -2.32. The molecule has 0 aliphatic heterocycles. The smallest absolute Gasteiger partial charge is 0.321 e. The highest BCUT2D eigenvalue weighted by Gasteiger charge is 2.10. The van der Waals surface area contributed by atoms with E-state index >= 15 is 0 Å². The summed E-state index contributed by atoms with van der Waals surface area (Å²) in [7, 11) is -3.70. The molecule has 0 fully saturated rings. The molecule has 0 aliphatic rings. The maximum absolute atomic E-state index is 11.0. The first-order valence-electron chi connectivity index (χ1n) is 5.62. The highest BCUT2D eigenvalue weighted by molar-refractivity contribution is 7.99. The van der Waals surface area contributed by atoms with Crippen LogP contribution in [0.25, 0.3) is 0 Å². The lowest BCUT2D eigenvalue weighted by molar-refractivity contribution is -0.137. The van der Waals surface area contributed by atoms with Gasteiger partial charge in [0.15, 0.2) is 0 Å². The monoisotopic (exact) mass is 320 g/mol. The van der Waals surface area contributed by atoms with Gasteiger partial charge in [-0.15, -0.1) is 0 Å². The van der Waals surface area contributed by atoms with E-state index in [2.05, 4.69) is 0 Å². The minimum atomic E-state index is -3.70. The number of hydrogen-bond donors (Lipinski definition) is 3. The third-order valence-corrected chi connectivity index (χ3v) is 4.24. The third-order valence-electron chi connectivity index (χ3n) is 2.26. The van der Waals surface area contributed by atoms with Crippen LogP contribution in [0.4, 0.5) is 0 Å². The summed E-state index contributed by atoms with van der Waals surface area (Å²) in [4.78, 5) is 10.5. The summed E-state index contributed by atoms with van der Waals surface area (Å²) in [5, 5.41) is 13.5. The molecule has 0 aliphatic carbocycles. The summed E-state index contributed by atoms with van der Waals surface area (Å²) in [5.74, 6) is 0.374. The molecule has 9 heteroatoms. The number of carboxylic acids is 1. The van der Waals surface area contributed by atoms with Gasteiger partial charge < -0.3 is 15.6 Å². The summed E-state index contributed by atoms with van der Waals surface area (Å²) < 4.78 is 27.4. The average Bonchev–Trinajstić information content (AvgIpc) is 2.37. The average molecular weight is 320 g/mol. The number of rotatable bonds is 8. The first kappa shape index (κ1) is 16.8. The Hall–Kier alpha value is -1.29. The van der Waals surface area contributed by atoms with Gasteiger partial charge in [-0.3, -0.25) is 4.79 Å². The molecule has 5 N–H and O–H groups in total. The molecule has 0 unspecified atom stereocenters.